The maximum atomic E-state index is 12.1. The van der Waals surface area contributed by atoms with Crippen molar-refractivity contribution in [2.45, 2.75) is 6.92 Å². The molecule has 0 atom stereocenters. The molecule has 0 aliphatic rings. The molecule has 0 fully saturated rings. The fourth-order valence-electron chi connectivity index (χ4n) is 1.63. The summed E-state index contributed by atoms with van der Waals surface area (Å²) in [7, 11) is 5.48. The average Bonchev–Trinajstić information content (AvgIpc) is 2.40. The highest BCUT2D eigenvalue weighted by atomic mass is 79.9. The predicted molar refractivity (Wildman–Crippen MR) is 82.8 cm³/mol. The Balaban J connectivity index is 2.85. The normalized spacial score (nSPS) is 10.5. The van der Waals surface area contributed by atoms with Crippen LogP contribution in [0, 0.1) is 0 Å². The van der Waals surface area contributed by atoms with E-state index < -0.39 is 0 Å². The Bertz CT molecular complexity index is 464. The Kier molecular flexibility index (Phi) is 6.81. The number of nitrogens with one attached hydrogen (secondary N) is 1. The first kappa shape index (κ1) is 16.8. The zero-order valence-electron chi connectivity index (χ0n) is 12.3. The van der Waals surface area contributed by atoms with E-state index in [1.165, 1.54) is 0 Å². The van der Waals surface area contributed by atoms with E-state index in [2.05, 4.69) is 21.2 Å². The third-order valence-electron chi connectivity index (χ3n) is 2.62. The summed E-state index contributed by atoms with van der Waals surface area (Å²) in [5, 5.41) is 2.86. The number of benzene rings is 1. The molecule has 0 saturated carbocycles. The van der Waals surface area contributed by atoms with Crippen molar-refractivity contribution in [2.75, 3.05) is 40.9 Å². The van der Waals surface area contributed by atoms with Gasteiger partial charge < -0.3 is 19.7 Å². The molecule has 0 radical (unpaired) electrons. The summed E-state index contributed by atoms with van der Waals surface area (Å²) in [5.74, 6) is 1.02. The molecule has 0 bridgehead atoms. The fraction of sp³-hybridized carbons (Fsp3) is 0.500. The van der Waals surface area contributed by atoms with Gasteiger partial charge in [-0.15, -0.1) is 0 Å². The lowest BCUT2D eigenvalue weighted by Crippen LogP contribution is -2.31. The number of hydrogen-bond acceptors (Lipinski definition) is 4. The second kappa shape index (κ2) is 8.11. The summed E-state index contributed by atoms with van der Waals surface area (Å²) in [6, 6.07) is 3.42. The Morgan fingerprint density at radius 1 is 1.40 bits per heavy atom. The SMILES string of the molecule is CCOc1c(Br)cc(C(=O)NCCN(C)C)cc1OC. The van der Waals surface area contributed by atoms with E-state index in [4.69, 9.17) is 9.47 Å². The molecule has 0 heterocycles. The van der Waals surface area contributed by atoms with Gasteiger partial charge in [0.1, 0.15) is 0 Å². The number of halogens is 1. The van der Waals surface area contributed by atoms with Crippen molar-refractivity contribution in [3.05, 3.63) is 22.2 Å². The third-order valence-corrected chi connectivity index (χ3v) is 3.21. The first-order valence-electron chi connectivity index (χ1n) is 6.42. The molecule has 0 aromatic heterocycles. The molecule has 0 aliphatic heterocycles. The molecule has 1 rings (SSSR count). The molecule has 6 heteroatoms. The molecule has 0 unspecified atom stereocenters. The Morgan fingerprint density at radius 2 is 2.10 bits per heavy atom. The van der Waals surface area contributed by atoms with E-state index in [0.717, 1.165) is 6.54 Å². The minimum atomic E-state index is -0.131. The maximum Gasteiger partial charge on any atom is 0.251 e. The van der Waals surface area contributed by atoms with Crippen LogP contribution in [-0.4, -0.2) is 51.7 Å². The zero-order chi connectivity index (χ0) is 15.1. The molecule has 112 valence electrons. The van der Waals surface area contributed by atoms with Crippen LogP contribution in [0.15, 0.2) is 16.6 Å². The Hall–Kier alpha value is -1.27. The number of rotatable bonds is 7. The van der Waals surface area contributed by atoms with Crippen LogP contribution in [0.1, 0.15) is 17.3 Å². The topological polar surface area (TPSA) is 50.8 Å². The number of hydrogen-bond donors (Lipinski definition) is 1. The molecular weight excluding hydrogens is 324 g/mol. The molecule has 20 heavy (non-hydrogen) atoms. The van der Waals surface area contributed by atoms with Crippen molar-refractivity contribution < 1.29 is 14.3 Å². The standard InChI is InChI=1S/C14H21BrN2O3/c1-5-20-13-11(15)8-10(9-12(13)19-4)14(18)16-6-7-17(2)3/h8-9H,5-7H2,1-4H3,(H,16,18). The van der Waals surface area contributed by atoms with Gasteiger partial charge in [-0.2, -0.15) is 0 Å². The van der Waals surface area contributed by atoms with Gasteiger partial charge in [0, 0.05) is 18.7 Å². The summed E-state index contributed by atoms with van der Waals surface area (Å²) in [4.78, 5) is 14.1. The third kappa shape index (κ3) is 4.68. The second-order valence-corrected chi connectivity index (χ2v) is 5.34. The van der Waals surface area contributed by atoms with Gasteiger partial charge in [-0.3, -0.25) is 4.79 Å². The van der Waals surface area contributed by atoms with Crippen molar-refractivity contribution >= 4 is 21.8 Å². The highest BCUT2D eigenvalue weighted by Gasteiger charge is 2.15. The monoisotopic (exact) mass is 344 g/mol. The van der Waals surface area contributed by atoms with Crippen LogP contribution >= 0.6 is 15.9 Å². The molecule has 1 aromatic carbocycles. The van der Waals surface area contributed by atoms with Crippen LogP contribution in [0.2, 0.25) is 0 Å². The minimum Gasteiger partial charge on any atom is -0.493 e. The van der Waals surface area contributed by atoms with E-state index in [1.54, 1.807) is 19.2 Å². The molecular formula is C14H21BrN2O3. The van der Waals surface area contributed by atoms with Gasteiger partial charge in [0.25, 0.3) is 5.91 Å². The van der Waals surface area contributed by atoms with E-state index >= 15 is 0 Å². The highest BCUT2D eigenvalue weighted by molar-refractivity contribution is 9.10. The Labute approximate surface area is 128 Å². The van der Waals surface area contributed by atoms with E-state index in [1.807, 2.05) is 25.9 Å². The number of likely N-dealkylation sites (N-methyl/N-ethyl adjacent to an activating group) is 1. The molecule has 0 aliphatic carbocycles. The first-order valence-corrected chi connectivity index (χ1v) is 7.22. The van der Waals surface area contributed by atoms with Crippen LogP contribution in [0.3, 0.4) is 0 Å². The van der Waals surface area contributed by atoms with Crippen molar-refractivity contribution in [3.63, 3.8) is 0 Å². The smallest absolute Gasteiger partial charge is 0.251 e. The molecule has 1 aromatic rings. The summed E-state index contributed by atoms with van der Waals surface area (Å²) in [6.07, 6.45) is 0. The molecule has 0 saturated heterocycles. The number of ether oxygens (including phenoxy) is 2. The minimum absolute atomic E-state index is 0.131. The maximum absolute atomic E-state index is 12.1. The number of carbonyl (C=O) groups excluding carboxylic acids is 1. The number of nitrogens with zero attached hydrogens (tertiary/aromatic N) is 1. The van der Waals surface area contributed by atoms with Gasteiger partial charge >= 0.3 is 0 Å². The first-order chi connectivity index (χ1) is 9.49. The van der Waals surface area contributed by atoms with Gasteiger partial charge in [0.05, 0.1) is 18.2 Å². The fourth-order valence-corrected chi connectivity index (χ4v) is 2.19. The van der Waals surface area contributed by atoms with Crippen LogP contribution in [0.4, 0.5) is 0 Å². The van der Waals surface area contributed by atoms with Crippen molar-refractivity contribution in [3.8, 4) is 11.5 Å². The largest absolute Gasteiger partial charge is 0.493 e. The molecule has 5 nitrogen and oxygen atoms in total. The zero-order valence-corrected chi connectivity index (χ0v) is 13.9. The van der Waals surface area contributed by atoms with Gasteiger partial charge in [-0.05, 0) is 49.1 Å². The summed E-state index contributed by atoms with van der Waals surface area (Å²) < 4.78 is 11.5. The van der Waals surface area contributed by atoms with Gasteiger partial charge in [-0.25, -0.2) is 0 Å². The molecule has 0 spiro atoms. The summed E-state index contributed by atoms with van der Waals surface area (Å²) in [6.45, 7) is 3.82. The van der Waals surface area contributed by atoms with Gasteiger partial charge in [0.2, 0.25) is 0 Å². The van der Waals surface area contributed by atoms with Crippen molar-refractivity contribution in [1.82, 2.24) is 10.2 Å². The number of carbonyl (C=O) groups is 1. The lowest BCUT2D eigenvalue weighted by atomic mass is 10.2. The van der Waals surface area contributed by atoms with Crippen LogP contribution in [0.25, 0.3) is 0 Å². The highest BCUT2D eigenvalue weighted by Crippen LogP contribution is 2.36. The van der Waals surface area contributed by atoms with Crippen LogP contribution in [0.5, 0.6) is 11.5 Å². The van der Waals surface area contributed by atoms with E-state index in [-0.39, 0.29) is 5.91 Å². The number of amides is 1. The quantitative estimate of drug-likeness (QED) is 0.823. The van der Waals surface area contributed by atoms with Gasteiger partial charge in [0.15, 0.2) is 11.5 Å². The lowest BCUT2D eigenvalue weighted by molar-refractivity contribution is 0.0950. The summed E-state index contributed by atoms with van der Waals surface area (Å²) >= 11 is 3.41. The van der Waals surface area contributed by atoms with E-state index in [9.17, 15) is 4.79 Å². The van der Waals surface area contributed by atoms with Crippen LogP contribution < -0.4 is 14.8 Å². The van der Waals surface area contributed by atoms with E-state index in [0.29, 0.717) is 34.7 Å². The number of methoxy groups -OCH3 is 1. The van der Waals surface area contributed by atoms with Crippen molar-refractivity contribution in [1.29, 1.82) is 0 Å². The molecule has 1 amide bonds. The molecule has 1 N–H and O–H groups in total. The average molecular weight is 345 g/mol. The second-order valence-electron chi connectivity index (χ2n) is 4.48. The van der Waals surface area contributed by atoms with Gasteiger partial charge in [-0.1, -0.05) is 0 Å². The summed E-state index contributed by atoms with van der Waals surface area (Å²) in [5.41, 5.74) is 0.538. The lowest BCUT2D eigenvalue weighted by Gasteiger charge is -2.14. The predicted octanol–water partition coefficient (Wildman–Crippen LogP) is 2.15. The Morgan fingerprint density at radius 3 is 2.65 bits per heavy atom. The van der Waals surface area contributed by atoms with Crippen LogP contribution in [-0.2, 0) is 0 Å². The van der Waals surface area contributed by atoms with Crippen molar-refractivity contribution in [2.24, 2.45) is 0 Å².